The van der Waals surface area contributed by atoms with Gasteiger partial charge in [0.15, 0.2) is 0 Å². The molecule has 1 saturated heterocycles. The molecule has 4 rings (SSSR count). The summed E-state index contributed by atoms with van der Waals surface area (Å²) in [5.41, 5.74) is 4.68. The molecule has 1 atom stereocenters. The Balaban J connectivity index is 1.52. The Morgan fingerprint density at radius 2 is 1.73 bits per heavy atom. The molecule has 0 saturated carbocycles. The van der Waals surface area contributed by atoms with Crippen LogP contribution >= 0.6 is 0 Å². The van der Waals surface area contributed by atoms with Crippen molar-refractivity contribution in [2.24, 2.45) is 0 Å². The minimum absolute atomic E-state index is 0.0263. The maximum atomic E-state index is 13.3. The lowest BCUT2D eigenvalue weighted by atomic mass is 9.95. The van der Waals surface area contributed by atoms with Gasteiger partial charge in [-0.15, -0.1) is 0 Å². The Morgan fingerprint density at radius 3 is 2.45 bits per heavy atom. The van der Waals surface area contributed by atoms with Gasteiger partial charge in [-0.1, -0.05) is 35.4 Å². The van der Waals surface area contributed by atoms with E-state index in [1.54, 1.807) is 19.2 Å². The first-order valence-electron chi connectivity index (χ1n) is 14.8. The fourth-order valence-corrected chi connectivity index (χ4v) is 5.28. The number of benzene rings is 2. The Kier molecular flexibility index (Phi) is 11.4. The number of aryl methyl sites for hydroxylation is 1. The molecule has 0 bridgehead atoms. The van der Waals surface area contributed by atoms with Gasteiger partial charge in [-0.05, 0) is 60.6 Å². The van der Waals surface area contributed by atoms with Crippen LogP contribution in [0.15, 0.2) is 36.4 Å². The van der Waals surface area contributed by atoms with E-state index in [1.807, 2.05) is 38.1 Å². The van der Waals surface area contributed by atoms with E-state index in [4.69, 9.17) is 19.0 Å². The normalized spacial score (nSPS) is 15.3. The number of amides is 4. The van der Waals surface area contributed by atoms with E-state index in [0.29, 0.717) is 56.2 Å². The maximum absolute atomic E-state index is 13.3. The van der Waals surface area contributed by atoms with Crippen LogP contribution in [-0.2, 0) is 39.9 Å². The molecule has 1 aliphatic carbocycles. The van der Waals surface area contributed by atoms with Crippen molar-refractivity contribution in [1.29, 1.82) is 0 Å². The second kappa shape index (κ2) is 15.4. The van der Waals surface area contributed by atoms with Crippen LogP contribution < -0.4 is 10.6 Å². The lowest BCUT2D eigenvalue weighted by Crippen LogP contribution is -2.32. The average Bonchev–Trinajstić information content (AvgIpc) is 3.49. The Labute approximate surface area is 256 Å². The highest BCUT2D eigenvalue weighted by atomic mass is 16.8. The van der Waals surface area contributed by atoms with Gasteiger partial charge in [0.1, 0.15) is 6.61 Å². The lowest BCUT2D eigenvalue weighted by Gasteiger charge is -2.17. The van der Waals surface area contributed by atoms with E-state index in [0.717, 1.165) is 27.8 Å². The molecule has 1 heterocycles. The third kappa shape index (κ3) is 8.20. The quantitative estimate of drug-likeness (QED) is 0.176. The largest absolute Gasteiger partial charge is 0.533 e. The molecule has 4 amide bonds. The van der Waals surface area contributed by atoms with Crippen LogP contribution in [-0.4, -0.2) is 81.0 Å². The summed E-state index contributed by atoms with van der Waals surface area (Å²) in [6.07, 6.45) is 0.453. The standard InChI is InChI=1S/C32H39N3O9/c1-20(2)42-17-15-34-31(39)24-8-5-7-22-26(19-43-32(40)44-35-28(37)12-13-29(35)38)25-18-21(10-11-23(25)30(22)24)6-4-9-27(36)33-14-16-41-3/h5,7-8,10-11,18,20,26H,4,6,9,12-17,19H2,1-3H3,(H,33,36)(H,34,39). The van der Waals surface area contributed by atoms with Crippen molar-refractivity contribution in [1.82, 2.24) is 15.7 Å². The molecule has 1 fully saturated rings. The number of methoxy groups -OCH3 is 1. The predicted molar refractivity (Wildman–Crippen MR) is 158 cm³/mol. The Morgan fingerprint density at radius 1 is 0.977 bits per heavy atom. The molecule has 12 heteroatoms. The van der Waals surface area contributed by atoms with E-state index in [2.05, 4.69) is 10.6 Å². The highest BCUT2D eigenvalue weighted by Gasteiger charge is 2.36. The van der Waals surface area contributed by atoms with Crippen molar-refractivity contribution < 1.29 is 43.0 Å². The zero-order chi connectivity index (χ0) is 31.6. The number of hydroxylamine groups is 2. The first-order valence-corrected chi connectivity index (χ1v) is 14.8. The molecule has 12 nitrogen and oxygen atoms in total. The van der Waals surface area contributed by atoms with Gasteiger partial charge in [0, 0.05) is 50.9 Å². The van der Waals surface area contributed by atoms with Crippen molar-refractivity contribution >= 4 is 29.8 Å². The number of nitrogens with one attached hydrogen (secondary N) is 2. The number of fused-ring (bicyclic) bond motifs is 3. The van der Waals surface area contributed by atoms with E-state index in [1.165, 1.54) is 0 Å². The van der Waals surface area contributed by atoms with Crippen LogP contribution in [0.25, 0.3) is 11.1 Å². The van der Waals surface area contributed by atoms with Gasteiger partial charge in [0.2, 0.25) is 5.91 Å². The van der Waals surface area contributed by atoms with E-state index in [-0.39, 0.29) is 37.4 Å². The number of nitrogens with zero attached hydrogens (tertiary/aromatic N) is 1. The molecule has 1 unspecified atom stereocenters. The maximum Gasteiger partial charge on any atom is 0.533 e. The molecular weight excluding hydrogens is 570 g/mol. The van der Waals surface area contributed by atoms with Gasteiger partial charge in [-0.25, -0.2) is 4.79 Å². The molecule has 2 N–H and O–H groups in total. The van der Waals surface area contributed by atoms with Crippen molar-refractivity contribution in [2.75, 3.05) is 40.0 Å². The Bertz CT molecular complexity index is 1380. The number of ether oxygens (including phenoxy) is 3. The molecular formula is C32H39N3O9. The first-order chi connectivity index (χ1) is 21.2. The molecule has 0 aromatic heterocycles. The topological polar surface area (TPSA) is 150 Å². The van der Waals surface area contributed by atoms with Crippen LogP contribution in [0.1, 0.15) is 72.5 Å². The summed E-state index contributed by atoms with van der Waals surface area (Å²) in [6, 6.07) is 11.3. The average molecular weight is 610 g/mol. The number of hydrogen-bond acceptors (Lipinski definition) is 9. The van der Waals surface area contributed by atoms with Crippen LogP contribution in [0, 0.1) is 0 Å². The number of hydrogen-bond donors (Lipinski definition) is 2. The predicted octanol–water partition coefficient (Wildman–Crippen LogP) is 3.26. The van der Waals surface area contributed by atoms with Gasteiger partial charge in [-0.2, -0.15) is 0 Å². The third-order valence-electron chi connectivity index (χ3n) is 7.35. The van der Waals surface area contributed by atoms with E-state index in [9.17, 15) is 24.0 Å². The fourth-order valence-electron chi connectivity index (χ4n) is 5.28. The fraction of sp³-hybridized carbons (Fsp3) is 0.469. The summed E-state index contributed by atoms with van der Waals surface area (Å²) in [6.45, 7) is 5.33. The van der Waals surface area contributed by atoms with Crippen molar-refractivity contribution in [2.45, 2.75) is 58.0 Å². The van der Waals surface area contributed by atoms with Gasteiger partial charge < -0.3 is 24.8 Å². The molecule has 236 valence electrons. The minimum atomic E-state index is -1.17. The summed E-state index contributed by atoms with van der Waals surface area (Å²) in [5.74, 6) is -1.95. The van der Waals surface area contributed by atoms with Gasteiger partial charge in [0.05, 0.1) is 19.3 Å². The summed E-state index contributed by atoms with van der Waals surface area (Å²) >= 11 is 0. The van der Waals surface area contributed by atoms with Crippen molar-refractivity contribution in [3.05, 3.63) is 58.7 Å². The highest BCUT2D eigenvalue weighted by Crippen LogP contribution is 2.47. The van der Waals surface area contributed by atoms with E-state index >= 15 is 0 Å². The first kappa shape index (κ1) is 32.6. The SMILES string of the molecule is COCCNC(=O)CCCc1ccc2c(c1)C(COC(=O)ON1C(=O)CCC1=O)c1cccc(C(=O)NCCOC(C)C)c1-2. The summed E-state index contributed by atoms with van der Waals surface area (Å²) in [5, 5.41) is 6.16. The van der Waals surface area contributed by atoms with Crippen molar-refractivity contribution in [3.8, 4) is 11.1 Å². The number of imide groups is 1. The minimum Gasteiger partial charge on any atom is -0.432 e. The highest BCUT2D eigenvalue weighted by molar-refractivity contribution is 6.03. The van der Waals surface area contributed by atoms with E-state index < -0.39 is 23.9 Å². The molecule has 2 aromatic carbocycles. The van der Waals surface area contributed by atoms with Gasteiger partial charge >= 0.3 is 6.16 Å². The third-order valence-corrected chi connectivity index (χ3v) is 7.35. The Hall–Kier alpha value is -4.29. The zero-order valence-corrected chi connectivity index (χ0v) is 25.3. The monoisotopic (exact) mass is 609 g/mol. The summed E-state index contributed by atoms with van der Waals surface area (Å²) in [4.78, 5) is 66.5. The molecule has 2 aliphatic rings. The summed E-state index contributed by atoms with van der Waals surface area (Å²) < 4.78 is 15.9. The lowest BCUT2D eigenvalue weighted by molar-refractivity contribution is -0.177. The van der Waals surface area contributed by atoms with Gasteiger partial charge in [-0.3, -0.25) is 24.0 Å². The molecule has 44 heavy (non-hydrogen) atoms. The molecule has 2 aromatic rings. The summed E-state index contributed by atoms with van der Waals surface area (Å²) in [7, 11) is 1.58. The zero-order valence-electron chi connectivity index (χ0n) is 25.3. The second-order valence-electron chi connectivity index (χ2n) is 10.8. The van der Waals surface area contributed by atoms with Crippen LogP contribution in [0.4, 0.5) is 4.79 Å². The molecule has 0 radical (unpaired) electrons. The number of carbonyl (C=O) groups excluding carboxylic acids is 5. The van der Waals surface area contributed by atoms with Crippen LogP contribution in [0.2, 0.25) is 0 Å². The number of rotatable bonds is 15. The smallest absolute Gasteiger partial charge is 0.432 e. The molecule has 0 spiro atoms. The van der Waals surface area contributed by atoms with Gasteiger partial charge in [0.25, 0.3) is 17.7 Å². The van der Waals surface area contributed by atoms with Crippen molar-refractivity contribution in [3.63, 3.8) is 0 Å². The molecule has 1 aliphatic heterocycles. The van der Waals surface area contributed by atoms with Crippen LogP contribution in [0.3, 0.4) is 0 Å². The number of carbonyl (C=O) groups is 5. The second-order valence-corrected chi connectivity index (χ2v) is 10.8. The van der Waals surface area contributed by atoms with Crippen LogP contribution in [0.5, 0.6) is 0 Å².